The maximum atomic E-state index is 5.73. The fourth-order valence-corrected chi connectivity index (χ4v) is 2.13. The number of nitrogens with zero attached hydrogens (tertiary/aromatic N) is 1. The van der Waals surface area contributed by atoms with Crippen molar-refractivity contribution in [2.75, 3.05) is 6.54 Å². The summed E-state index contributed by atoms with van der Waals surface area (Å²) in [6, 6.07) is 2.47. The molecule has 0 aliphatic carbocycles. The molecule has 2 atom stereocenters. The van der Waals surface area contributed by atoms with Crippen LogP contribution in [0.4, 0.5) is 0 Å². The molecule has 0 bridgehead atoms. The van der Waals surface area contributed by atoms with Crippen LogP contribution in [-0.4, -0.2) is 17.6 Å². The quantitative estimate of drug-likeness (QED) is 0.772. The first-order valence-corrected chi connectivity index (χ1v) is 7.43. The first kappa shape index (κ1) is 16.0. The molecule has 0 aliphatic heterocycles. The molecule has 19 heavy (non-hydrogen) atoms. The molecule has 0 saturated heterocycles. The van der Waals surface area contributed by atoms with Gasteiger partial charge in [-0.3, -0.25) is 4.98 Å². The van der Waals surface area contributed by atoms with Crippen molar-refractivity contribution < 1.29 is 4.74 Å². The standard InChI is InChI=1S/C16H28N2O/c1-6-8-18-16(13(5)7-2)14-9-15(11-17-10-14)19-12(3)4/h9-13,16,18H,6-8H2,1-5H3. The molecule has 1 aromatic heterocycles. The summed E-state index contributed by atoms with van der Waals surface area (Å²) in [6.07, 6.45) is 6.21. The van der Waals surface area contributed by atoms with Gasteiger partial charge in [-0.25, -0.2) is 0 Å². The van der Waals surface area contributed by atoms with E-state index in [0.717, 1.165) is 25.1 Å². The molecule has 108 valence electrons. The van der Waals surface area contributed by atoms with Crippen LogP contribution in [0, 0.1) is 5.92 Å². The zero-order chi connectivity index (χ0) is 14.3. The van der Waals surface area contributed by atoms with Gasteiger partial charge in [0.05, 0.1) is 12.3 Å². The van der Waals surface area contributed by atoms with Crippen molar-refractivity contribution in [3.63, 3.8) is 0 Å². The number of nitrogens with one attached hydrogen (secondary N) is 1. The Hall–Kier alpha value is -1.09. The Kier molecular flexibility index (Phi) is 6.85. The van der Waals surface area contributed by atoms with Gasteiger partial charge in [0, 0.05) is 12.2 Å². The molecule has 1 N–H and O–H groups in total. The number of rotatable bonds is 8. The lowest BCUT2D eigenvalue weighted by molar-refractivity contribution is 0.240. The van der Waals surface area contributed by atoms with Gasteiger partial charge in [-0.05, 0) is 44.4 Å². The van der Waals surface area contributed by atoms with Crippen molar-refractivity contribution in [2.45, 2.75) is 59.6 Å². The first-order chi connectivity index (χ1) is 9.08. The summed E-state index contributed by atoms with van der Waals surface area (Å²) in [5.41, 5.74) is 1.22. The van der Waals surface area contributed by atoms with Crippen LogP contribution < -0.4 is 10.1 Å². The van der Waals surface area contributed by atoms with Gasteiger partial charge in [0.2, 0.25) is 0 Å². The van der Waals surface area contributed by atoms with Crippen molar-refractivity contribution >= 4 is 0 Å². The van der Waals surface area contributed by atoms with E-state index in [2.05, 4.69) is 37.1 Å². The fourth-order valence-electron chi connectivity index (χ4n) is 2.13. The average molecular weight is 264 g/mol. The van der Waals surface area contributed by atoms with Gasteiger partial charge in [0.25, 0.3) is 0 Å². The molecular weight excluding hydrogens is 236 g/mol. The first-order valence-electron chi connectivity index (χ1n) is 7.43. The van der Waals surface area contributed by atoms with Gasteiger partial charge in [-0.2, -0.15) is 0 Å². The largest absolute Gasteiger partial charge is 0.489 e. The normalized spacial score (nSPS) is 14.4. The summed E-state index contributed by atoms with van der Waals surface area (Å²) < 4.78 is 5.73. The predicted molar refractivity (Wildman–Crippen MR) is 80.5 cm³/mol. The number of hydrogen-bond acceptors (Lipinski definition) is 3. The van der Waals surface area contributed by atoms with Crippen LogP contribution in [0.2, 0.25) is 0 Å². The van der Waals surface area contributed by atoms with Crippen LogP contribution in [0.1, 0.15) is 59.1 Å². The highest BCUT2D eigenvalue weighted by Crippen LogP contribution is 2.26. The van der Waals surface area contributed by atoms with Crippen LogP contribution in [-0.2, 0) is 0 Å². The maximum Gasteiger partial charge on any atom is 0.138 e. The molecule has 0 aliphatic rings. The topological polar surface area (TPSA) is 34.2 Å². The lowest BCUT2D eigenvalue weighted by Gasteiger charge is -2.25. The van der Waals surface area contributed by atoms with Crippen molar-refractivity contribution in [3.8, 4) is 5.75 Å². The molecule has 0 spiro atoms. The Morgan fingerprint density at radius 3 is 2.53 bits per heavy atom. The number of aromatic nitrogens is 1. The van der Waals surface area contributed by atoms with Crippen molar-refractivity contribution in [1.29, 1.82) is 0 Å². The Morgan fingerprint density at radius 2 is 1.95 bits per heavy atom. The van der Waals surface area contributed by atoms with E-state index in [4.69, 9.17) is 4.74 Å². The van der Waals surface area contributed by atoms with E-state index < -0.39 is 0 Å². The lowest BCUT2D eigenvalue weighted by Crippen LogP contribution is -2.27. The van der Waals surface area contributed by atoms with Gasteiger partial charge in [0.1, 0.15) is 5.75 Å². The third-order valence-corrected chi connectivity index (χ3v) is 3.29. The van der Waals surface area contributed by atoms with Crippen molar-refractivity contribution in [1.82, 2.24) is 10.3 Å². The second kappa shape index (κ2) is 8.16. The summed E-state index contributed by atoms with van der Waals surface area (Å²) in [5, 5.41) is 3.62. The minimum absolute atomic E-state index is 0.183. The molecule has 3 nitrogen and oxygen atoms in total. The van der Waals surface area contributed by atoms with Gasteiger partial charge in [-0.1, -0.05) is 27.2 Å². The minimum atomic E-state index is 0.183. The van der Waals surface area contributed by atoms with Crippen LogP contribution in [0.25, 0.3) is 0 Å². The second-order valence-corrected chi connectivity index (χ2v) is 5.44. The summed E-state index contributed by atoms with van der Waals surface area (Å²) in [4.78, 5) is 4.32. The predicted octanol–water partition coefficient (Wildman–Crippen LogP) is 3.96. The van der Waals surface area contributed by atoms with Crippen molar-refractivity contribution in [3.05, 3.63) is 24.0 Å². The zero-order valence-electron chi connectivity index (χ0n) is 12.9. The van der Waals surface area contributed by atoms with Gasteiger partial charge >= 0.3 is 0 Å². The maximum absolute atomic E-state index is 5.73. The highest BCUT2D eigenvalue weighted by molar-refractivity contribution is 5.26. The van der Waals surface area contributed by atoms with E-state index in [0.29, 0.717) is 12.0 Å². The van der Waals surface area contributed by atoms with Crippen LogP contribution in [0.5, 0.6) is 5.75 Å². The van der Waals surface area contributed by atoms with E-state index >= 15 is 0 Å². The number of pyridine rings is 1. The summed E-state index contributed by atoms with van der Waals surface area (Å²) in [6.45, 7) is 11.8. The molecule has 0 fully saturated rings. The van der Waals surface area contributed by atoms with Gasteiger partial charge in [0.15, 0.2) is 0 Å². The Bertz CT molecular complexity index is 366. The smallest absolute Gasteiger partial charge is 0.138 e. The Labute approximate surface area is 117 Å². The molecule has 0 saturated carbocycles. The number of hydrogen-bond donors (Lipinski definition) is 1. The highest BCUT2D eigenvalue weighted by atomic mass is 16.5. The Morgan fingerprint density at radius 1 is 1.21 bits per heavy atom. The third kappa shape index (κ3) is 5.19. The van der Waals surface area contributed by atoms with Crippen molar-refractivity contribution in [2.24, 2.45) is 5.92 Å². The van der Waals surface area contributed by atoms with Crippen LogP contribution in [0.3, 0.4) is 0 Å². The minimum Gasteiger partial charge on any atom is -0.489 e. The van der Waals surface area contributed by atoms with E-state index in [1.54, 1.807) is 6.20 Å². The highest BCUT2D eigenvalue weighted by Gasteiger charge is 2.18. The molecule has 3 heteroatoms. The zero-order valence-corrected chi connectivity index (χ0v) is 12.9. The van der Waals surface area contributed by atoms with E-state index in [9.17, 15) is 0 Å². The third-order valence-electron chi connectivity index (χ3n) is 3.29. The molecule has 0 amide bonds. The molecule has 2 unspecified atom stereocenters. The van der Waals surface area contributed by atoms with E-state index in [1.807, 2.05) is 20.0 Å². The van der Waals surface area contributed by atoms with Gasteiger partial charge in [-0.15, -0.1) is 0 Å². The summed E-state index contributed by atoms with van der Waals surface area (Å²) >= 11 is 0. The van der Waals surface area contributed by atoms with E-state index in [1.165, 1.54) is 5.56 Å². The summed E-state index contributed by atoms with van der Waals surface area (Å²) in [5.74, 6) is 1.45. The Balaban J connectivity index is 2.88. The van der Waals surface area contributed by atoms with Crippen LogP contribution >= 0.6 is 0 Å². The molecule has 0 aromatic carbocycles. The monoisotopic (exact) mass is 264 g/mol. The van der Waals surface area contributed by atoms with E-state index in [-0.39, 0.29) is 6.10 Å². The molecule has 1 rings (SSSR count). The fraction of sp³-hybridized carbons (Fsp3) is 0.688. The molecule has 0 radical (unpaired) electrons. The van der Waals surface area contributed by atoms with Crippen LogP contribution in [0.15, 0.2) is 18.5 Å². The lowest BCUT2D eigenvalue weighted by atomic mass is 9.93. The molecular formula is C16H28N2O. The second-order valence-electron chi connectivity index (χ2n) is 5.44. The molecule has 1 heterocycles. The SMILES string of the molecule is CCCNC(c1cncc(OC(C)C)c1)C(C)CC. The summed E-state index contributed by atoms with van der Waals surface area (Å²) in [7, 11) is 0. The molecule has 1 aromatic rings. The number of ether oxygens (including phenoxy) is 1. The average Bonchev–Trinajstić information content (AvgIpc) is 2.38. The van der Waals surface area contributed by atoms with Gasteiger partial charge < -0.3 is 10.1 Å².